The molecule has 0 saturated heterocycles. The number of para-hydroxylation sites is 2. The Bertz CT molecular complexity index is 1100. The highest BCUT2D eigenvalue weighted by atomic mass is 32.2. The Morgan fingerprint density at radius 3 is 2.76 bits per heavy atom. The van der Waals surface area contributed by atoms with Gasteiger partial charge in [0.2, 0.25) is 10.0 Å². The predicted molar refractivity (Wildman–Crippen MR) is 96.2 cm³/mol. The molecule has 0 fully saturated rings. The minimum absolute atomic E-state index is 0.154. The molecule has 2 N–H and O–H groups in total. The van der Waals surface area contributed by atoms with Gasteiger partial charge in [0.1, 0.15) is 0 Å². The molecule has 0 amide bonds. The Kier molecular flexibility index (Phi) is 3.97. The smallest absolute Gasteiger partial charge is 0.306 e. The molecule has 0 saturated carbocycles. The fourth-order valence-corrected chi connectivity index (χ4v) is 4.49. The third-order valence-electron chi connectivity index (χ3n) is 4.69. The van der Waals surface area contributed by atoms with Gasteiger partial charge in [-0.25, -0.2) is 17.9 Å². The number of imidazole rings is 1. The summed E-state index contributed by atoms with van der Waals surface area (Å²) in [6.07, 6.45) is 3.03. The van der Waals surface area contributed by atoms with Gasteiger partial charge in [0, 0.05) is 13.1 Å². The van der Waals surface area contributed by atoms with E-state index >= 15 is 0 Å². The summed E-state index contributed by atoms with van der Waals surface area (Å²) in [6.45, 7) is 0.425. The maximum Gasteiger partial charge on any atom is 0.326 e. The largest absolute Gasteiger partial charge is 0.326 e. The normalized spacial score (nSPS) is 14.1. The first kappa shape index (κ1) is 16.1. The van der Waals surface area contributed by atoms with Crippen molar-refractivity contribution in [1.29, 1.82) is 0 Å². The van der Waals surface area contributed by atoms with E-state index < -0.39 is 10.0 Å². The molecule has 1 aromatic heterocycles. The van der Waals surface area contributed by atoms with E-state index in [2.05, 4.69) is 9.71 Å². The number of H-pyrrole nitrogens is 1. The number of aryl methyl sites for hydroxylation is 2. The molecule has 0 unspecified atom stereocenters. The standard InChI is InChI=1S/C18H19N3O3S/c22-18-20-16-6-1-2-7-17(16)21(18)11-10-19-25(23,24)15-9-8-13-4-3-5-14(13)12-15/h1-2,6-9,12,19H,3-5,10-11H2,(H,20,22). The van der Waals surface area contributed by atoms with Crippen molar-refractivity contribution in [3.63, 3.8) is 0 Å². The molecule has 25 heavy (non-hydrogen) atoms. The number of aromatic nitrogens is 2. The molecule has 4 rings (SSSR count). The molecule has 2 aromatic carbocycles. The second-order valence-electron chi connectivity index (χ2n) is 6.28. The Labute approximate surface area is 145 Å². The summed E-state index contributed by atoms with van der Waals surface area (Å²) in [7, 11) is -3.58. The quantitative estimate of drug-likeness (QED) is 0.730. The highest BCUT2D eigenvalue weighted by Gasteiger charge is 2.18. The van der Waals surface area contributed by atoms with Crippen molar-refractivity contribution in [1.82, 2.24) is 14.3 Å². The molecule has 7 heteroatoms. The van der Waals surface area contributed by atoms with Crippen molar-refractivity contribution >= 4 is 21.1 Å². The van der Waals surface area contributed by atoms with Crippen molar-refractivity contribution < 1.29 is 8.42 Å². The molecular weight excluding hydrogens is 338 g/mol. The summed E-state index contributed by atoms with van der Waals surface area (Å²) in [5.41, 5.74) is 3.64. The Morgan fingerprint density at radius 1 is 1.08 bits per heavy atom. The van der Waals surface area contributed by atoms with E-state index in [1.54, 1.807) is 16.7 Å². The van der Waals surface area contributed by atoms with Crippen LogP contribution in [0, 0.1) is 0 Å². The molecule has 0 aliphatic heterocycles. The molecule has 130 valence electrons. The first-order valence-electron chi connectivity index (χ1n) is 8.34. The number of sulfonamides is 1. The zero-order valence-corrected chi connectivity index (χ0v) is 14.5. The monoisotopic (exact) mass is 357 g/mol. The molecule has 1 aliphatic carbocycles. The summed E-state index contributed by atoms with van der Waals surface area (Å²) >= 11 is 0. The van der Waals surface area contributed by atoms with E-state index in [0.717, 1.165) is 35.9 Å². The minimum atomic E-state index is -3.58. The zero-order chi connectivity index (χ0) is 17.4. The second kappa shape index (κ2) is 6.16. The number of benzene rings is 2. The van der Waals surface area contributed by atoms with E-state index in [4.69, 9.17) is 0 Å². The number of hydrogen-bond acceptors (Lipinski definition) is 3. The van der Waals surface area contributed by atoms with Gasteiger partial charge < -0.3 is 4.98 Å². The first-order chi connectivity index (χ1) is 12.0. The van der Waals surface area contributed by atoms with Crippen molar-refractivity contribution in [2.75, 3.05) is 6.54 Å². The summed E-state index contributed by atoms with van der Waals surface area (Å²) in [6, 6.07) is 12.7. The van der Waals surface area contributed by atoms with Crippen LogP contribution in [-0.2, 0) is 29.4 Å². The summed E-state index contributed by atoms with van der Waals surface area (Å²) in [5.74, 6) is 0. The lowest BCUT2D eigenvalue weighted by molar-refractivity contribution is 0.572. The minimum Gasteiger partial charge on any atom is -0.306 e. The van der Waals surface area contributed by atoms with Gasteiger partial charge >= 0.3 is 5.69 Å². The zero-order valence-electron chi connectivity index (χ0n) is 13.7. The van der Waals surface area contributed by atoms with E-state index in [0.29, 0.717) is 4.90 Å². The van der Waals surface area contributed by atoms with Crippen LogP contribution in [0.3, 0.4) is 0 Å². The summed E-state index contributed by atoms with van der Waals surface area (Å²) in [4.78, 5) is 15.1. The van der Waals surface area contributed by atoms with Crippen LogP contribution in [0.25, 0.3) is 11.0 Å². The number of rotatable bonds is 5. The first-order valence-corrected chi connectivity index (χ1v) is 9.82. The number of nitrogens with zero attached hydrogens (tertiary/aromatic N) is 1. The van der Waals surface area contributed by atoms with Gasteiger partial charge in [0.25, 0.3) is 0 Å². The predicted octanol–water partition coefficient (Wildman–Crippen LogP) is 1.80. The van der Waals surface area contributed by atoms with Crippen molar-refractivity contribution in [3.8, 4) is 0 Å². The molecule has 0 spiro atoms. The van der Waals surface area contributed by atoms with Crippen LogP contribution < -0.4 is 10.4 Å². The van der Waals surface area contributed by atoms with Gasteiger partial charge in [-0.05, 0) is 54.7 Å². The molecule has 1 heterocycles. The molecule has 0 atom stereocenters. The van der Waals surface area contributed by atoms with Crippen LogP contribution in [0.1, 0.15) is 17.5 Å². The van der Waals surface area contributed by atoms with Crippen molar-refractivity contribution in [2.45, 2.75) is 30.7 Å². The third kappa shape index (κ3) is 3.01. The number of nitrogens with one attached hydrogen (secondary N) is 2. The van der Waals surface area contributed by atoms with Crippen LogP contribution in [-0.4, -0.2) is 24.5 Å². The van der Waals surface area contributed by atoms with E-state index in [-0.39, 0.29) is 18.8 Å². The molecule has 0 bridgehead atoms. The highest BCUT2D eigenvalue weighted by molar-refractivity contribution is 7.89. The van der Waals surface area contributed by atoms with Gasteiger partial charge in [-0.15, -0.1) is 0 Å². The lowest BCUT2D eigenvalue weighted by atomic mass is 10.1. The fraction of sp³-hybridized carbons (Fsp3) is 0.278. The topological polar surface area (TPSA) is 84.0 Å². The Hall–Kier alpha value is -2.38. The molecule has 1 aliphatic rings. The van der Waals surface area contributed by atoms with Gasteiger partial charge in [-0.1, -0.05) is 18.2 Å². The van der Waals surface area contributed by atoms with Gasteiger partial charge in [-0.3, -0.25) is 4.57 Å². The van der Waals surface area contributed by atoms with Crippen LogP contribution in [0.5, 0.6) is 0 Å². The molecule has 0 radical (unpaired) electrons. The van der Waals surface area contributed by atoms with E-state index in [1.165, 1.54) is 5.56 Å². The summed E-state index contributed by atoms with van der Waals surface area (Å²) in [5, 5.41) is 0. The molecule has 3 aromatic rings. The van der Waals surface area contributed by atoms with Crippen LogP contribution >= 0.6 is 0 Å². The SMILES string of the molecule is O=c1[nH]c2ccccc2n1CCNS(=O)(=O)c1ccc2c(c1)CCC2. The lowest BCUT2D eigenvalue weighted by Gasteiger charge is -2.09. The van der Waals surface area contributed by atoms with E-state index in [1.807, 2.05) is 30.3 Å². The number of fused-ring (bicyclic) bond motifs is 2. The van der Waals surface area contributed by atoms with Crippen molar-refractivity contribution in [3.05, 3.63) is 64.1 Å². The maximum atomic E-state index is 12.5. The molecule has 6 nitrogen and oxygen atoms in total. The van der Waals surface area contributed by atoms with Gasteiger partial charge in [-0.2, -0.15) is 0 Å². The fourth-order valence-electron chi connectivity index (χ4n) is 3.42. The second-order valence-corrected chi connectivity index (χ2v) is 8.05. The van der Waals surface area contributed by atoms with Crippen LogP contribution in [0.15, 0.2) is 52.2 Å². The lowest BCUT2D eigenvalue weighted by Crippen LogP contribution is -2.30. The summed E-state index contributed by atoms with van der Waals surface area (Å²) < 4.78 is 29.1. The number of aromatic amines is 1. The third-order valence-corrected chi connectivity index (χ3v) is 6.15. The number of hydrogen-bond donors (Lipinski definition) is 2. The Balaban J connectivity index is 1.50. The van der Waals surface area contributed by atoms with Crippen molar-refractivity contribution in [2.24, 2.45) is 0 Å². The molecular formula is C18H19N3O3S. The van der Waals surface area contributed by atoms with Crippen LogP contribution in [0.4, 0.5) is 0 Å². The maximum absolute atomic E-state index is 12.5. The van der Waals surface area contributed by atoms with Gasteiger partial charge in [0.05, 0.1) is 15.9 Å². The highest BCUT2D eigenvalue weighted by Crippen LogP contribution is 2.24. The van der Waals surface area contributed by atoms with E-state index in [9.17, 15) is 13.2 Å². The average molecular weight is 357 g/mol. The Morgan fingerprint density at radius 2 is 1.88 bits per heavy atom. The average Bonchev–Trinajstić information content (AvgIpc) is 3.18. The van der Waals surface area contributed by atoms with Gasteiger partial charge in [0.15, 0.2) is 0 Å². The van der Waals surface area contributed by atoms with Crippen LogP contribution in [0.2, 0.25) is 0 Å².